The zero-order valence-corrected chi connectivity index (χ0v) is 7.14. The summed E-state index contributed by atoms with van der Waals surface area (Å²) in [5, 5.41) is 8.55. The van der Waals surface area contributed by atoms with Crippen molar-refractivity contribution in [1.29, 1.82) is 5.26 Å². The molecule has 0 N–H and O–H groups in total. The molecule has 1 nitrogen and oxygen atoms in total. The normalized spacial score (nSPS) is 21.3. The highest BCUT2D eigenvalue weighted by atomic mass is 14.2. The fraction of sp³-hybridized carbons (Fsp3) is 0.700. The van der Waals surface area contributed by atoms with Crippen molar-refractivity contribution in [2.45, 2.75) is 39.0 Å². The summed E-state index contributed by atoms with van der Waals surface area (Å²) in [5.74, 6) is 0.698. The van der Waals surface area contributed by atoms with Gasteiger partial charge in [0.2, 0.25) is 0 Å². The predicted octanol–water partition coefficient (Wildman–Crippen LogP) is 3.04. The molecule has 60 valence electrons. The number of hydrogen-bond donors (Lipinski definition) is 0. The van der Waals surface area contributed by atoms with Gasteiger partial charge in [0.1, 0.15) is 0 Å². The summed E-state index contributed by atoms with van der Waals surface area (Å²) in [5.41, 5.74) is 0.886. The Bertz CT molecular complexity index is 180. The van der Waals surface area contributed by atoms with Crippen LogP contribution >= 0.6 is 0 Å². The first-order valence-electron chi connectivity index (χ1n) is 4.41. The van der Waals surface area contributed by atoms with Crippen molar-refractivity contribution in [3.63, 3.8) is 0 Å². The van der Waals surface area contributed by atoms with E-state index in [4.69, 9.17) is 5.26 Å². The highest BCUT2D eigenvalue weighted by Crippen LogP contribution is 2.25. The average Bonchev–Trinajstić information content (AvgIpc) is 2.06. The number of hydrogen-bond acceptors (Lipinski definition) is 1. The first-order chi connectivity index (χ1) is 5.33. The van der Waals surface area contributed by atoms with Gasteiger partial charge in [-0.1, -0.05) is 25.3 Å². The van der Waals surface area contributed by atoms with E-state index in [0.717, 1.165) is 5.57 Å². The van der Waals surface area contributed by atoms with Gasteiger partial charge in [-0.05, 0) is 25.7 Å². The first kappa shape index (κ1) is 8.33. The van der Waals surface area contributed by atoms with Crippen LogP contribution in [0.3, 0.4) is 0 Å². The lowest BCUT2D eigenvalue weighted by molar-refractivity contribution is 0.418. The van der Waals surface area contributed by atoms with E-state index in [2.05, 4.69) is 12.1 Å². The molecule has 0 bridgehead atoms. The maximum atomic E-state index is 8.55. The molecular weight excluding hydrogens is 134 g/mol. The molecule has 0 spiro atoms. The minimum absolute atomic E-state index is 0.698. The first-order valence-corrected chi connectivity index (χ1v) is 4.41. The van der Waals surface area contributed by atoms with Crippen LogP contribution in [0, 0.1) is 17.2 Å². The molecule has 1 aliphatic carbocycles. The number of nitrogens with zero attached hydrogens (tertiary/aromatic N) is 1. The quantitative estimate of drug-likeness (QED) is 0.526. The summed E-state index contributed by atoms with van der Waals surface area (Å²) in [6.45, 7) is 1.90. The molecule has 0 radical (unpaired) electrons. The molecular formula is C10H15N. The van der Waals surface area contributed by atoms with E-state index in [-0.39, 0.29) is 0 Å². The summed E-state index contributed by atoms with van der Waals surface area (Å²) >= 11 is 0. The molecule has 0 amide bonds. The fourth-order valence-corrected chi connectivity index (χ4v) is 1.69. The second-order valence-electron chi connectivity index (χ2n) is 3.36. The van der Waals surface area contributed by atoms with E-state index in [0.29, 0.717) is 5.92 Å². The van der Waals surface area contributed by atoms with E-state index < -0.39 is 0 Å². The van der Waals surface area contributed by atoms with Crippen LogP contribution in [0.4, 0.5) is 0 Å². The lowest BCUT2D eigenvalue weighted by Gasteiger charge is -2.17. The molecule has 0 aromatic rings. The van der Waals surface area contributed by atoms with Crippen molar-refractivity contribution < 1.29 is 0 Å². The third-order valence-electron chi connectivity index (χ3n) is 2.31. The highest BCUT2D eigenvalue weighted by molar-refractivity contribution is 5.18. The second-order valence-corrected chi connectivity index (χ2v) is 3.36. The highest BCUT2D eigenvalue weighted by Gasteiger charge is 2.10. The van der Waals surface area contributed by atoms with Gasteiger partial charge in [0.15, 0.2) is 0 Å². The molecule has 0 unspecified atom stereocenters. The predicted molar refractivity (Wildman–Crippen MR) is 45.9 cm³/mol. The Morgan fingerprint density at radius 2 is 2.00 bits per heavy atom. The monoisotopic (exact) mass is 149 g/mol. The fourth-order valence-electron chi connectivity index (χ4n) is 1.69. The summed E-state index contributed by atoms with van der Waals surface area (Å²) in [6.07, 6.45) is 8.80. The number of nitriles is 1. The van der Waals surface area contributed by atoms with Gasteiger partial charge >= 0.3 is 0 Å². The number of rotatable bonds is 1. The topological polar surface area (TPSA) is 23.8 Å². The Morgan fingerprint density at radius 3 is 2.55 bits per heavy atom. The molecule has 1 fully saturated rings. The maximum Gasteiger partial charge on any atom is 0.0940 e. The van der Waals surface area contributed by atoms with Crippen molar-refractivity contribution in [3.8, 4) is 6.07 Å². The summed E-state index contributed by atoms with van der Waals surface area (Å²) in [6, 6.07) is 2.17. The van der Waals surface area contributed by atoms with Gasteiger partial charge in [-0.25, -0.2) is 0 Å². The molecule has 0 aromatic carbocycles. The van der Waals surface area contributed by atoms with Gasteiger partial charge in [-0.2, -0.15) is 5.26 Å². The zero-order valence-electron chi connectivity index (χ0n) is 7.14. The average molecular weight is 149 g/mol. The minimum atomic E-state index is 0.698. The summed E-state index contributed by atoms with van der Waals surface area (Å²) < 4.78 is 0. The van der Waals surface area contributed by atoms with Gasteiger partial charge in [0.25, 0.3) is 0 Å². The molecule has 0 aliphatic heterocycles. The van der Waals surface area contributed by atoms with Crippen LogP contribution in [0.5, 0.6) is 0 Å². The second kappa shape index (κ2) is 4.18. The smallest absolute Gasteiger partial charge is 0.0940 e. The maximum absolute atomic E-state index is 8.55. The van der Waals surface area contributed by atoms with Crippen LogP contribution in [-0.2, 0) is 0 Å². The van der Waals surface area contributed by atoms with Crippen molar-refractivity contribution in [3.05, 3.63) is 11.6 Å². The Labute approximate surface area is 68.7 Å². The van der Waals surface area contributed by atoms with Crippen LogP contribution in [0.2, 0.25) is 0 Å². The molecule has 0 atom stereocenters. The Hall–Kier alpha value is -0.770. The Balaban J connectivity index is 2.42. The van der Waals surface area contributed by atoms with Crippen LogP contribution in [0.25, 0.3) is 0 Å². The van der Waals surface area contributed by atoms with Crippen LogP contribution in [0.15, 0.2) is 11.6 Å². The summed E-state index contributed by atoms with van der Waals surface area (Å²) in [4.78, 5) is 0. The molecule has 1 heteroatoms. The molecule has 11 heavy (non-hydrogen) atoms. The van der Waals surface area contributed by atoms with E-state index in [1.165, 1.54) is 32.1 Å². The van der Waals surface area contributed by atoms with E-state index in [9.17, 15) is 0 Å². The molecule has 1 rings (SSSR count). The molecule has 1 aliphatic rings. The van der Waals surface area contributed by atoms with Gasteiger partial charge in [-0.3, -0.25) is 0 Å². The van der Waals surface area contributed by atoms with Gasteiger partial charge in [-0.15, -0.1) is 0 Å². The van der Waals surface area contributed by atoms with E-state index >= 15 is 0 Å². The van der Waals surface area contributed by atoms with Crippen molar-refractivity contribution in [1.82, 2.24) is 0 Å². The number of allylic oxidation sites excluding steroid dienone is 2. The summed E-state index contributed by atoms with van der Waals surface area (Å²) in [7, 11) is 0. The van der Waals surface area contributed by atoms with Crippen LogP contribution in [0.1, 0.15) is 39.0 Å². The van der Waals surface area contributed by atoms with Gasteiger partial charge in [0.05, 0.1) is 6.07 Å². The molecule has 1 saturated carbocycles. The largest absolute Gasteiger partial charge is 0.193 e. The standard InChI is InChI=1S/C10H15N/c1-9(8-11)7-10-5-3-2-4-6-10/h7,10H,2-6H2,1H3/b9-7-. The SMILES string of the molecule is C/C(C#N)=C/C1CCCCC1. The zero-order chi connectivity index (χ0) is 8.10. The lowest BCUT2D eigenvalue weighted by Crippen LogP contribution is -2.03. The Kier molecular flexibility index (Phi) is 3.16. The molecule has 0 aromatic heterocycles. The molecule has 0 heterocycles. The van der Waals surface area contributed by atoms with E-state index in [1.54, 1.807) is 0 Å². The van der Waals surface area contributed by atoms with Gasteiger partial charge in [0, 0.05) is 5.57 Å². The molecule has 0 saturated heterocycles. The van der Waals surface area contributed by atoms with Gasteiger partial charge < -0.3 is 0 Å². The Morgan fingerprint density at radius 1 is 1.36 bits per heavy atom. The van der Waals surface area contributed by atoms with Crippen molar-refractivity contribution >= 4 is 0 Å². The third kappa shape index (κ3) is 2.76. The van der Waals surface area contributed by atoms with Crippen LogP contribution in [-0.4, -0.2) is 0 Å². The lowest BCUT2D eigenvalue weighted by atomic mass is 9.88. The van der Waals surface area contributed by atoms with Crippen molar-refractivity contribution in [2.75, 3.05) is 0 Å². The minimum Gasteiger partial charge on any atom is -0.193 e. The van der Waals surface area contributed by atoms with E-state index in [1.807, 2.05) is 6.92 Å². The third-order valence-corrected chi connectivity index (χ3v) is 2.31. The van der Waals surface area contributed by atoms with Crippen LogP contribution < -0.4 is 0 Å². The van der Waals surface area contributed by atoms with Crippen molar-refractivity contribution in [2.24, 2.45) is 5.92 Å².